The normalized spacial score (nSPS) is 14.7. The minimum atomic E-state index is -0.213. The van der Waals surface area contributed by atoms with Gasteiger partial charge in [0.15, 0.2) is 0 Å². The summed E-state index contributed by atoms with van der Waals surface area (Å²) in [6, 6.07) is 15.2. The SMILES string of the molecule is CCN1CCc2nc3ccccc3c(C(=O)N[C@@H](C)c3cccc(NC(C)=O)c3)c2C1. The maximum atomic E-state index is 13.5. The highest BCUT2D eigenvalue weighted by atomic mass is 16.2. The number of para-hydroxylation sites is 1. The maximum Gasteiger partial charge on any atom is 0.252 e. The van der Waals surface area contributed by atoms with Gasteiger partial charge in [-0.2, -0.15) is 0 Å². The first-order valence-electron chi connectivity index (χ1n) is 10.8. The molecule has 4 rings (SSSR count). The van der Waals surface area contributed by atoms with Crippen LogP contribution in [-0.4, -0.2) is 34.8 Å². The van der Waals surface area contributed by atoms with Crippen molar-refractivity contribution < 1.29 is 9.59 Å². The number of anilines is 1. The molecule has 2 heterocycles. The highest BCUT2D eigenvalue weighted by Gasteiger charge is 2.26. The predicted octanol–water partition coefficient (Wildman–Crippen LogP) is 4.06. The molecule has 6 heteroatoms. The lowest BCUT2D eigenvalue weighted by Gasteiger charge is -2.29. The van der Waals surface area contributed by atoms with Crippen molar-refractivity contribution in [1.29, 1.82) is 0 Å². The quantitative estimate of drug-likeness (QED) is 0.658. The molecule has 2 N–H and O–H groups in total. The first kappa shape index (κ1) is 21.0. The van der Waals surface area contributed by atoms with Gasteiger partial charge in [0.2, 0.25) is 5.91 Å². The van der Waals surface area contributed by atoms with Crippen LogP contribution in [0.1, 0.15) is 54.0 Å². The van der Waals surface area contributed by atoms with Crippen LogP contribution in [0.3, 0.4) is 0 Å². The van der Waals surface area contributed by atoms with E-state index >= 15 is 0 Å². The Bertz CT molecular complexity index is 1140. The van der Waals surface area contributed by atoms with Crippen LogP contribution in [0.15, 0.2) is 48.5 Å². The molecule has 1 atom stereocenters. The monoisotopic (exact) mass is 416 g/mol. The summed E-state index contributed by atoms with van der Waals surface area (Å²) in [5, 5.41) is 6.85. The Morgan fingerprint density at radius 1 is 1.16 bits per heavy atom. The van der Waals surface area contributed by atoms with Crippen molar-refractivity contribution >= 4 is 28.4 Å². The van der Waals surface area contributed by atoms with E-state index in [4.69, 9.17) is 4.98 Å². The molecule has 0 unspecified atom stereocenters. The number of carbonyl (C=O) groups is 2. The summed E-state index contributed by atoms with van der Waals surface area (Å²) < 4.78 is 0. The lowest BCUT2D eigenvalue weighted by atomic mass is 9.94. The molecule has 6 nitrogen and oxygen atoms in total. The van der Waals surface area contributed by atoms with Crippen molar-refractivity contribution in [3.05, 3.63) is 70.9 Å². The van der Waals surface area contributed by atoms with Crippen LogP contribution in [0.25, 0.3) is 10.9 Å². The number of fused-ring (bicyclic) bond motifs is 2. The number of nitrogens with one attached hydrogen (secondary N) is 2. The number of aromatic nitrogens is 1. The first-order chi connectivity index (χ1) is 15.0. The summed E-state index contributed by atoms with van der Waals surface area (Å²) in [7, 11) is 0. The van der Waals surface area contributed by atoms with Gasteiger partial charge in [-0.15, -0.1) is 0 Å². The van der Waals surface area contributed by atoms with Gasteiger partial charge in [-0.05, 0) is 37.2 Å². The third kappa shape index (κ3) is 4.44. The van der Waals surface area contributed by atoms with Gasteiger partial charge >= 0.3 is 0 Å². The minimum Gasteiger partial charge on any atom is -0.345 e. The average molecular weight is 417 g/mol. The van der Waals surface area contributed by atoms with Crippen molar-refractivity contribution in [3.63, 3.8) is 0 Å². The van der Waals surface area contributed by atoms with Crippen molar-refractivity contribution in [2.75, 3.05) is 18.4 Å². The third-order valence-corrected chi connectivity index (χ3v) is 5.85. The Morgan fingerprint density at radius 3 is 2.74 bits per heavy atom. The molecule has 1 aliphatic heterocycles. The van der Waals surface area contributed by atoms with E-state index in [0.717, 1.165) is 65.0 Å². The summed E-state index contributed by atoms with van der Waals surface area (Å²) in [6.45, 7) is 8.22. The molecule has 1 aliphatic rings. The van der Waals surface area contributed by atoms with E-state index in [1.165, 1.54) is 6.92 Å². The van der Waals surface area contributed by atoms with E-state index < -0.39 is 0 Å². The number of nitrogens with zero attached hydrogens (tertiary/aromatic N) is 2. The second kappa shape index (κ2) is 8.86. The Balaban J connectivity index is 1.68. The van der Waals surface area contributed by atoms with Gasteiger partial charge in [0, 0.05) is 48.8 Å². The smallest absolute Gasteiger partial charge is 0.252 e. The lowest BCUT2D eigenvalue weighted by Crippen LogP contribution is -2.34. The first-order valence-corrected chi connectivity index (χ1v) is 10.8. The number of likely N-dealkylation sites (N-methyl/N-ethyl adjacent to an activating group) is 1. The number of benzene rings is 2. The highest BCUT2D eigenvalue weighted by Crippen LogP contribution is 2.29. The fourth-order valence-electron chi connectivity index (χ4n) is 4.22. The van der Waals surface area contributed by atoms with Gasteiger partial charge in [-0.3, -0.25) is 19.5 Å². The summed E-state index contributed by atoms with van der Waals surface area (Å²) in [6.07, 6.45) is 0.850. The van der Waals surface area contributed by atoms with Gasteiger partial charge < -0.3 is 10.6 Å². The zero-order valence-corrected chi connectivity index (χ0v) is 18.2. The molecular weight excluding hydrogens is 388 g/mol. The highest BCUT2D eigenvalue weighted by molar-refractivity contribution is 6.08. The minimum absolute atomic E-state index is 0.0924. The second-order valence-electron chi connectivity index (χ2n) is 8.05. The predicted molar refractivity (Wildman–Crippen MR) is 123 cm³/mol. The van der Waals surface area contributed by atoms with Gasteiger partial charge in [-0.25, -0.2) is 0 Å². The zero-order valence-electron chi connectivity index (χ0n) is 18.2. The third-order valence-electron chi connectivity index (χ3n) is 5.85. The number of hydrogen-bond donors (Lipinski definition) is 2. The van der Waals surface area contributed by atoms with Crippen molar-refractivity contribution in [3.8, 4) is 0 Å². The van der Waals surface area contributed by atoms with Crippen LogP contribution in [0.2, 0.25) is 0 Å². The molecule has 2 aromatic carbocycles. The van der Waals surface area contributed by atoms with Crippen LogP contribution in [0, 0.1) is 0 Å². The summed E-state index contributed by atoms with van der Waals surface area (Å²) in [5.41, 5.74) is 5.29. The molecule has 31 heavy (non-hydrogen) atoms. The molecule has 160 valence electrons. The fraction of sp³-hybridized carbons (Fsp3) is 0.320. The van der Waals surface area contributed by atoms with E-state index in [-0.39, 0.29) is 17.9 Å². The van der Waals surface area contributed by atoms with Crippen LogP contribution in [-0.2, 0) is 17.8 Å². The summed E-state index contributed by atoms with van der Waals surface area (Å²) >= 11 is 0. The molecule has 0 fully saturated rings. The Morgan fingerprint density at radius 2 is 1.97 bits per heavy atom. The second-order valence-corrected chi connectivity index (χ2v) is 8.05. The topological polar surface area (TPSA) is 74.3 Å². The molecule has 0 radical (unpaired) electrons. The largest absolute Gasteiger partial charge is 0.345 e. The van der Waals surface area contributed by atoms with E-state index in [2.05, 4.69) is 22.5 Å². The zero-order chi connectivity index (χ0) is 22.0. The van der Waals surface area contributed by atoms with Crippen molar-refractivity contribution in [1.82, 2.24) is 15.2 Å². The molecule has 0 saturated heterocycles. The number of hydrogen-bond acceptors (Lipinski definition) is 4. The van der Waals surface area contributed by atoms with Gasteiger partial charge in [0.1, 0.15) is 0 Å². The molecule has 0 saturated carbocycles. The Hall–Kier alpha value is -3.25. The number of pyridine rings is 1. The van der Waals surface area contributed by atoms with E-state index in [1.54, 1.807) is 0 Å². The molecule has 3 aromatic rings. The standard InChI is InChI=1S/C25H28N4O2/c1-4-29-13-12-23-21(15-29)24(20-10-5-6-11-22(20)28-23)25(31)26-16(2)18-8-7-9-19(14-18)27-17(3)30/h5-11,14,16H,4,12-13,15H2,1-3H3,(H,26,31)(H,27,30)/t16-/m0/s1. The molecule has 2 amide bonds. The van der Waals surface area contributed by atoms with Crippen molar-refractivity contribution in [2.45, 2.75) is 39.8 Å². The molecule has 1 aromatic heterocycles. The van der Waals surface area contributed by atoms with Crippen LogP contribution >= 0.6 is 0 Å². The van der Waals surface area contributed by atoms with Crippen LogP contribution < -0.4 is 10.6 Å². The van der Waals surface area contributed by atoms with Crippen LogP contribution in [0.5, 0.6) is 0 Å². The molecule has 0 bridgehead atoms. The van der Waals surface area contributed by atoms with E-state index in [1.807, 2.05) is 55.5 Å². The van der Waals surface area contributed by atoms with Gasteiger partial charge in [0.25, 0.3) is 5.91 Å². The maximum absolute atomic E-state index is 13.5. The van der Waals surface area contributed by atoms with Gasteiger partial charge in [-0.1, -0.05) is 37.3 Å². The molecule has 0 aliphatic carbocycles. The lowest BCUT2D eigenvalue weighted by molar-refractivity contribution is -0.114. The van der Waals surface area contributed by atoms with Crippen LogP contribution in [0.4, 0.5) is 5.69 Å². The number of amides is 2. The van der Waals surface area contributed by atoms with Crippen molar-refractivity contribution in [2.24, 2.45) is 0 Å². The van der Waals surface area contributed by atoms with E-state index in [0.29, 0.717) is 0 Å². The van der Waals surface area contributed by atoms with E-state index in [9.17, 15) is 9.59 Å². The summed E-state index contributed by atoms with van der Waals surface area (Å²) in [5.74, 6) is -0.213. The molecule has 0 spiro atoms. The molecular formula is C25H28N4O2. The fourth-order valence-corrected chi connectivity index (χ4v) is 4.22. The Kier molecular flexibility index (Phi) is 6.00. The number of rotatable bonds is 5. The number of carbonyl (C=O) groups excluding carboxylic acids is 2. The van der Waals surface area contributed by atoms with Gasteiger partial charge in [0.05, 0.1) is 17.1 Å². The Labute approximate surface area is 182 Å². The summed E-state index contributed by atoms with van der Waals surface area (Å²) in [4.78, 5) is 32.1. The average Bonchev–Trinajstić information content (AvgIpc) is 2.76.